The van der Waals surface area contributed by atoms with Gasteiger partial charge in [0.05, 0.1) is 12.2 Å². The summed E-state index contributed by atoms with van der Waals surface area (Å²) in [4.78, 5) is 0. The molecule has 0 saturated carbocycles. The van der Waals surface area contributed by atoms with Gasteiger partial charge in [-0.3, -0.25) is 0 Å². The predicted molar refractivity (Wildman–Crippen MR) is 98.3 cm³/mol. The first kappa shape index (κ1) is 19.9. The van der Waals surface area contributed by atoms with Crippen molar-refractivity contribution in [2.45, 2.75) is 59.7 Å². The quantitative estimate of drug-likeness (QED) is 0.597. The third-order valence-electron chi connectivity index (χ3n) is 4.09. The second kappa shape index (κ2) is 9.86. The van der Waals surface area contributed by atoms with Gasteiger partial charge < -0.3 is 15.5 Å². The standard InChI is InChI=1S/C20H33NO2/c1-14(2)7-6-9-21-10-8-15(3)18-11-19(16(4)22)13-20(12-18)17(5)23/h8,11-14,16-17,21-23H,6-7,9-10H2,1-5H3/b15-8+. The van der Waals surface area contributed by atoms with E-state index < -0.39 is 12.2 Å². The SMILES string of the molecule is C/C(=C\CNCCCC(C)C)c1cc(C(C)O)cc(C(C)O)c1. The molecule has 0 aliphatic rings. The highest BCUT2D eigenvalue weighted by atomic mass is 16.3. The van der Waals surface area contributed by atoms with Gasteiger partial charge in [-0.25, -0.2) is 0 Å². The van der Waals surface area contributed by atoms with E-state index >= 15 is 0 Å². The molecular weight excluding hydrogens is 286 g/mol. The molecule has 0 bridgehead atoms. The van der Waals surface area contributed by atoms with Crippen LogP contribution in [-0.4, -0.2) is 23.3 Å². The molecule has 3 nitrogen and oxygen atoms in total. The Bertz CT molecular complexity index is 478. The fourth-order valence-electron chi connectivity index (χ4n) is 2.47. The van der Waals surface area contributed by atoms with E-state index in [1.165, 1.54) is 12.8 Å². The first-order chi connectivity index (χ1) is 10.8. The molecule has 0 saturated heterocycles. The highest BCUT2D eigenvalue weighted by molar-refractivity contribution is 5.65. The molecular formula is C20H33NO2. The van der Waals surface area contributed by atoms with Crippen LogP contribution in [0.2, 0.25) is 0 Å². The zero-order valence-electron chi connectivity index (χ0n) is 15.3. The summed E-state index contributed by atoms with van der Waals surface area (Å²) in [7, 11) is 0. The molecule has 0 fully saturated rings. The average molecular weight is 319 g/mol. The van der Waals surface area contributed by atoms with Crippen molar-refractivity contribution in [3.8, 4) is 0 Å². The van der Waals surface area contributed by atoms with Crippen LogP contribution >= 0.6 is 0 Å². The summed E-state index contributed by atoms with van der Waals surface area (Å²) in [6.45, 7) is 11.9. The van der Waals surface area contributed by atoms with Crippen molar-refractivity contribution in [2.75, 3.05) is 13.1 Å². The van der Waals surface area contributed by atoms with Crippen LogP contribution < -0.4 is 5.32 Å². The lowest BCUT2D eigenvalue weighted by Crippen LogP contribution is -2.15. The number of aliphatic hydroxyl groups excluding tert-OH is 2. The summed E-state index contributed by atoms with van der Waals surface area (Å²) < 4.78 is 0. The molecule has 2 unspecified atom stereocenters. The minimum Gasteiger partial charge on any atom is -0.389 e. The molecule has 0 aliphatic heterocycles. The first-order valence-corrected chi connectivity index (χ1v) is 8.70. The number of hydrogen-bond donors (Lipinski definition) is 3. The minimum absolute atomic E-state index is 0.533. The fraction of sp³-hybridized carbons (Fsp3) is 0.600. The molecule has 3 heteroatoms. The molecule has 1 rings (SSSR count). The van der Waals surface area contributed by atoms with Gasteiger partial charge in [0, 0.05) is 6.54 Å². The molecule has 0 radical (unpaired) electrons. The summed E-state index contributed by atoms with van der Waals surface area (Å²) in [6.07, 6.45) is 3.56. The molecule has 2 atom stereocenters. The number of allylic oxidation sites excluding steroid dienone is 1. The molecule has 0 aromatic heterocycles. The third-order valence-corrected chi connectivity index (χ3v) is 4.09. The Labute approximate surface area is 141 Å². The van der Waals surface area contributed by atoms with Gasteiger partial charge in [0.1, 0.15) is 0 Å². The summed E-state index contributed by atoms with van der Waals surface area (Å²) in [6, 6.07) is 5.87. The van der Waals surface area contributed by atoms with E-state index in [1.807, 2.05) is 18.2 Å². The maximum absolute atomic E-state index is 9.84. The van der Waals surface area contributed by atoms with E-state index in [0.29, 0.717) is 0 Å². The van der Waals surface area contributed by atoms with Crippen LogP contribution in [0.3, 0.4) is 0 Å². The Hall–Kier alpha value is -1.16. The Morgan fingerprint density at radius 1 is 1.04 bits per heavy atom. The number of rotatable bonds is 9. The van der Waals surface area contributed by atoms with Gasteiger partial charge in [0.15, 0.2) is 0 Å². The zero-order valence-corrected chi connectivity index (χ0v) is 15.3. The van der Waals surface area contributed by atoms with Crippen molar-refractivity contribution < 1.29 is 10.2 Å². The Kier molecular flexibility index (Phi) is 8.53. The topological polar surface area (TPSA) is 52.5 Å². The van der Waals surface area contributed by atoms with Gasteiger partial charge in [0.2, 0.25) is 0 Å². The Balaban J connectivity index is 2.70. The van der Waals surface area contributed by atoms with E-state index in [2.05, 4.69) is 32.2 Å². The Morgan fingerprint density at radius 3 is 2.09 bits per heavy atom. The molecule has 130 valence electrons. The monoisotopic (exact) mass is 319 g/mol. The summed E-state index contributed by atoms with van der Waals surface area (Å²) in [5, 5.41) is 23.1. The maximum atomic E-state index is 9.84. The zero-order chi connectivity index (χ0) is 17.4. The second-order valence-electron chi connectivity index (χ2n) is 6.87. The van der Waals surface area contributed by atoms with Gasteiger partial charge in [-0.2, -0.15) is 0 Å². The molecule has 0 aliphatic carbocycles. The van der Waals surface area contributed by atoms with Gasteiger partial charge >= 0.3 is 0 Å². The van der Waals surface area contributed by atoms with Crippen LogP contribution in [0.25, 0.3) is 5.57 Å². The number of nitrogens with one attached hydrogen (secondary N) is 1. The second-order valence-corrected chi connectivity index (χ2v) is 6.87. The van der Waals surface area contributed by atoms with Crippen LogP contribution in [0.15, 0.2) is 24.3 Å². The van der Waals surface area contributed by atoms with Gasteiger partial charge in [-0.1, -0.05) is 26.0 Å². The van der Waals surface area contributed by atoms with Crippen LogP contribution in [0.5, 0.6) is 0 Å². The lowest BCUT2D eigenvalue weighted by molar-refractivity contribution is 0.192. The molecule has 0 heterocycles. The lowest BCUT2D eigenvalue weighted by Gasteiger charge is -2.14. The summed E-state index contributed by atoms with van der Waals surface area (Å²) >= 11 is 0. The summed E-state index contributed by atoms with van der Waals surface area (Å²) in [5.41, 5.74) is 3.90. The van der Waals surface area contributed by atoms with Crippen LogP contribution in [0.1, 0.15) is 76.4 Å². The molecule has 1 aromatic carbocycles. The smallest absolute Gasteiger partial charge is 0.0762 e. The molecule has 23 heavy (non-hydrogen) atoms. The van der Waals surface area contributed by atoms with Gasteiger partial charge in [-0.15, -0.1) is 0 Å². The van der Waals surface area contributed by atoms with E-state index in [4.69, 9.17) is 0 Å². The van der Waals surface area contributed by atoms with Crippen LogP contribution in [0.4, 0.5) is 0 Å². The Morgan fingerprint density at radius 2 is 1.61 bits per heavy atom. The minimum atomic E-state index is -0.533. The van der Waals surface area contributed by atoms with Crippen molar-refractivity contribution in [3.63, 3.8) is 0 Å². The van der Waals surface area contributed by atoms with Crippen molar-refractivity contribution in [3.05, 3.63) is 41.0 Å². The highest BCUT2D eigenvalue weighted by Crippen LogP contribution is 2.25. The largest absolute Gasteiger partial charge is 0.389 e. The van der Waals surface area contributed by atoms with E-state index in [1.54, 1.807) is 13.8 Å². The number of hydrogen-bond acceptors (Lipinski definition) is 3. The highest BCUT2D eigenvalue weighted by Gasteiger charge is 2.09. The van der Waals surface area contributed by atoms with Crippen molar-refractivity contribution in [2.24, 2.45) is 5.92 Å². The predicted octanol–water partition coefficient (Wildman–Crippen LogP) is 4.22. The average Bonchev–Trinajstić information content (AvgIpc) is 2.49. The van der Waals surface area contributed by atoms with Crippen molar-refractivity contribution in [1.82, 2.24) is 5.32 Å². The lowest BCUT2D eigenvalue weighted by atomic mass is 9.96. The van der Waals surface area contributed by atoms with Crippen LogP contribution in [0, 0.1) is 5.92 Å². The van der Waals surface area contributed by atoms with Crippen LogP contribution in [-0.2, 0) is 0 Å². The first-order valence-electron chi connectivity index (χ1n) is 8.70. The fourth-order valence-corrected chi connectivity index (χ4v) is 2.47. The normalized spacial score (nSPS) is 15.0. The van der Waals surface area contributed by atoms with Gasteiger partial charge in [-0.05, 0) is 80.5 Å². The van der Waals surface area contributed by atoms with E-state index in [-0.39, 0.29) is 0 Å². The maximum Gasteiger partial charge on any atom is 0.0762 e. The molecule has 0 amide bonds. The number of benzene rings is 1. The summed E-state index contributed by atoms with van der Waals surface area (Å²) in [5.74, 6) is 0.760. The molecule has 1 aromatic rings. The molecule has 3 N–H and O–H groups in total. The van der Waals surface area contributed by atoms with Crippen molar-refractivity contribution in [1.29, 1.82) is 0 Å². The third kappa shape index (κ3) is 7.30. The molecule has 0 spiro atoms. The van der Waals surface area contributed by atoms with Gasteiger partial charge in [0.25, 0.3) is 0 Å². The van der Waals surface area contributed by atoms with E-state index in [9.17, 15) is 10.2 Å². The van der Waals surface area contributed by atoms with Crippen molar-refractivity contribution >= 4 is 5.57 Å². The van der Waals surface area contributed by atoms with E-state index in [0.717, 1.165) is 41.3 Å². The number of aliphatic hydroxyl groups is 2.